The maximum atomic E-state index is 6.33. The van der Waals surface area contributed by atoms with Crippen molar-refractivity contribution >= 4 is 85.3 Å². The fourth-order valence-electron chi connectivity index (χ4n) is 8.79. The monoisotopic (exact) mass is 676 g/mol. The molecule has 7 aromatic carbocycles. The average molecular weight is 677 g/mol. The van der Waals surface area contributed by atoms with Gasteiger partial charge in [-0.1, -0.05) is 50.3 Å². The van der Waals surface area contributed by atoms with Crippen LogP contribution in [-0.4, -0.2) is 35.0 Å². The molecule has 0 radical (unpaired) electrons. The normalized spacial score (nSPS) is 17.1. The molecule has 2 atom stereocenters. The van der Waals surface area contributed by atoms with Crippen molar-refractivity contribution in [1.82, 2.24) is 0 Å². The number of fused-ring (bicyclic) bond motifs is 7. The van der Waals surface area contributed by atoms with E-state index in [1.807, 2.05) is 7.11 Å². The Balaban J connectivity index is 1.18. The SMILES string of the molecule is CCO[Si](CC)(CCC(OC)C1(CC)C=c2cc3cc4cc5cc6cc7cc8ccccc8cc7cc6cc5cc4cc3cc2=CC1)OCC. The third-order valence-electron chi connectivity index (χ3n) is 11.6. The molecule has 8 rings (SSSR count). The molecule has 3 nitrogen and oxygen atoms in total. The van der Waals surface area contributed by atoms with E-state index in [-0.39, 0.29) is 11.5 Å². The highest BCUT2D eigenvalue weighted by Crippen LogP contribution is 2.40. The lowest BCUT2D eigenvalue weighted by Gasteiger charge is -2.39. The first-order valence-corrected chi connectivity index (χ1v) is 20.8. The second kappa shape index (κ2) is 13.2. The van der Waals surface area contributed by atoms with Gasteiger partial charge in [0.15, 0.2) is 0 Å². The molecule has 0 bridgehead atoms. The van der Waals surface area contributed by atoms with Crippen molar-refractivity contribution in [2.24, 2.45) is 5.41 Å². The Morgan fingerprint density at radius 2 is 1.00 bits per heavy atom. The molecule has 1 aliphatic rings. The van der Waals surface area contributed by atoms with E-state index in [1.165, 1.54) is 75.1 Å². The summed E-state index contributed by atoms with van der Waals surface area (Å²) in [7, 11) is -0.372. The number of hydrogen-bond donors (Lipinski definition) is 0. The van der Waals surface area contributed by atoms with Gasteiger partial charge in [0.05, 0.1) is 6.10 Å². The van der Waals surface area contributed by atoms with Crippen LogP contribution in [0.15, 0.2) is 97.1 Å². The summed E-state index contributed by atoms with van der Waals surface area (Å²) in [5, 5.41) is 18.0. The summed E-state index contributed by atoms with van der Waals surface area (Å²) in [6, 6.07) is 38.9. The number of methoxy groups -OCH3 is 1. The molecule has 0 amide bonds. The van der Waals surface area contributed by atoms with E-state index in [0.717, 1.165) is 31.4 Å². The van der Waals surface area contributed by atoms with Gasteiger partial charge in [-0.05, 0) is 193 Å². The van der Waals surface area contributed by atoms with E-state index < -0.39 is 8.56 Å². The van der Waals surface area contributed by atoms with Gasteiger partial charge in [0.1, 0.15) is 0 Å². The third-order valence-corrected chi connectivity index (χ3v) is 15.4. The van der Waals surface area contributed by atoms with E-state index in [2.05, 4.69) is 137 Å². The van der Waals surface area contributed by atoms with E-state index in [4.69, 9.17) is 13.6 Å². The maximum Gasteiger partial charge on any atom is 0.337 e. The molecule has 50 heavy (non-hydrogen) atoms. The fraction of sp³-hybridized carbons (Fsp3) is 0.304. The molecular weight excluding hydrogens is 629 g/mol. The van der Waals surface area contributed by atoms with Crippen LogP contribution in [0.4, 0.5) is 0 Å². The first-order chi connectivity index (χ1) is 24.4. The number of rotatable bonds is 11. The third kappa shape index (κ3) is 5.82. The molecule has 0 aliphatic heterocycles. The van der Waals surface area contributed by atoms with Crippen LogP contribution < -0.4 is 10.4 Å². The van der Waals surface area contributed by atoms with Crippen molar-refractivity contribution in [1.29, 1.82) is 0 Å². The Kier molecular flexibility index (Phi) is 8.77. The summed E-state index contributed by atoms with van der Waals surface area (Å²) in [5.74, 6) is 0. The summed E-state index contributed by atoms with van der Waals surface area (Å²) in [6.45, 7) is 10.1. The van der Waals surface area contributed by atoms with Gasteiger partial charge in [-0.25, -0.2) is 0 Å². The Hall–Kier alpha value is -4.06. The van der Waals surface area contributed by atoms with Gasteiger partial charge in [0, 0.05) is 25.7 Å². The van der Waals surface area contributed by atoms with Gasteiger partial charge in [0.25, 0.3) is 0 Å². The van der Waals surface area contributed by atoms with E-state index in [9.17, 15) is 0 Å². The molecule has 4 heteroatoms. The molecular formula is C46H48O3Si. The minimum Gasteiger partial charge on any atom is -0.394 e. The summed E-state index contributed by atoms with van der Waals surface area (Å²) in [4.78, 5) is 0. The van der Waals surface area contributed by atoms with E-state index >= 15 is 0 Å². The highest BCUT2D eigenvalue weighted by molar-refractivity contribution is 6.67. The van der Waals surface area contributed by atoms with Gasteiger partial charge >= 0.3 is 8.56 Å². The van der Waals surface area contributed by atoms with Crippen LogP contribution in [0.1, 0.15) is 47.0 Å². The van der Waals surface area contributed by atoms with Crippen molar-refractivity contribution in [2.75, 3.05) is 20.3 Å². The highest BCUT2D eigenvalue weighted by atomic mass is 28.4. The first kappa shape index (κ1) is 33.1. The standard InChI is InChI=1S/C46H48O3Si/c1-6-46(45(47-5)15-17-50(9-4,48-7-2)49-8-3)16-14-33-20-36-23-39-26-40-24-37-21-34-18-31-12-10-11-13-32(31)19-35(34)22-38(37)25-41(40)27-42(39)28-43(36)29-44(33)30-46/h10-14,18-30,45H,6-9,15-17H2,1-5H3. The van der Waals surface area contributed by atoms with Crippen LogP contribution in [0.2, 0.25) is 12.1 Å². The minimum atomic E-state index is -2.25. The summed E-state index contributed by atoms with van der Waals surface area (Å²) in [6.07, 6.45) is 8.00. The Morgan fingerprint density at radius 3 is 1.40 bits per heavy atom. The largest absolute Gasteiger partial charge is 0.394 e. The zero-order valence-corrected chi connectivity index (χ0v) is 31.1. The average Bonchev–Trinajstić information content (AvgIpc) is 3.13. The first-order valence-electron chi connectivity index (χ1n) is 18.6. The second-order valence-corrected chi connectivity index (χ2v) is 18.0. The molecule has 0 spiro atoms. The summed E-state index contributed by atoms with van der Waals surface area (Å²) < 4.78 is 19.0. The van der Waals surface area contributed by atoms with Crippen molar-refractivity contribution in [3.05, 3.63) is 107 Å². The Bertz CT molecular complexity index is 2530. The van der Waals surface area contributed by atoms with Crippen LogP contribution >= 0.6 is 0 Å². The van der Waals surface area contributed by atoms with Crippen LogP contribution in [0, 0.1) is 5.41 Å². The van der Waals surface area contributed by atoms with Gasteiger partial charge in [-0.2, -0.15) is 0 Å². The maximum absolute atomic E-state index is 6.33. The van der Waals surface area contributed by atoms with Crippen molar-refractivity contribution in [3.8, 4) is 0 Å². The quantitative estimate of drug-likeness (QED) is 0.101. The van der Waals surface area contributed by atoms with Crippen LogP contribution in [0.25, 0.3) is 76.8 Å². The molecule has 0 saturated carbocycles. The van der Waals surface area contributed by atoms with Gasteiger partial charge < -0.3 is 13.6 Å². The number of hydrogen-bond acceptors (Lipinski definition) is 3. The van der Waals surface area contributed by atoms with E-state index in [0.29, 0.717) is 13.2 Å². The molecule has 0 saturated heterocycles. The van der Waals surface area contributed by atoms with Crippen molar-refractivity contribution in [3.63, 3.8) is 0 Å². The molecule has 0 fully saturated rings. The molecule has 0 aromatic heterocycles. The van der Waals surface area contributed by atoms with Crippen molar-refractivity contribution in [2.45, 2.75) is 65.1 Å². The lowest BCUT2D eigenvalue weighted by atomic mass is 9.72. The van der Waals surface area contributed by atoms with Gasteiger partial charge in [-0.15, -0.1) is 0 Å². The molecule has 2 unspecified atom stereocenters. The zero-order valence-electron chi connectivity index (χ0n) is 30.1. The molecule has 254 valence electrons. The zero-order chi connectivity index (χ0) is 34.5. The number of benzene rings is 7. The molecule has 0 N–H and O–H groups in total. The topological polar surface area (TPSA) is 27.7 Å². The lowest BCUT2D eigenvalue weighted by molar-refractivity contribution is 0.0168. The predicted octanol–water partition coefficient (Wildman–Crippen LogP) is 10.9. The van der Waals surface area contributed by atoms with Crippen LogP contribution in [-0.2, 0) is 13.6 Å². The van der Waals surface area contributed by atoms with Crippen LogP contribution in [0.5, 0.6) is 0 Å². The van der Waals surface area contributed by atoms with Gasteiger partial charge in [-0.3, -0.25) is 0 Å². The van der Waals surface area contributed by atoms with Crippen LogP contribution in [0.3, 0.4) is 0 Å². The molecule has 0 heterocycles. The highest BCUT2D eigenvalue weighted by Gasteiger charge is 2.41. The lowest BCUT2D eigenvalue weighted by Crippen LogP contribution is -2.45. The smallest absolute Gasteiger partial charge is 0.337 e. The van der Waals surface area contributed by atoms with E-state index in [1.54, 1.807) is 0 Å². The summed E-state index contributed by atoms with van der Waals surface area (Å²) in [5.41, 5.74) is -0.0632. The second-order valence-electron chi connectivity index (χ2n) is 14.4. The summed E-state index contributed by atoms with van der Waals surface area (Å²) >= 11 is 0. The Morgan fingerprint density at radius 1 is 0.580 bits per heavy atom. The minimum absolute atomic E-state index is 0.0632. The predicted molar refractivity (Wildman–Crippen MR) is 217 cm³/mol. The fourth-order valence-corrected chi connectivity index (χ4v) is 11.7. The number of ether oxygens (including phenoxy) is 1. The Labute approximate surface area is 296 Å². The van der Waals surface area contributed by atoms with Crippen molar-refractivity contribution < 1.29 is 13.6 Å². The molecule has 1 aliphatic carbocycles. The van der Waals surface area contributed by atoms with Gasteiger partial charge in [0.2, 0.25) is 0 Å². The molecule has 7 aromatic rings.